The Morgan fingerprint density at radius 1 is 1.25 bits per heavy atom. The Morgan fingerprint density at radius 3 is 2.45 bits per heavy atom. The second kappa shape index (κ2) is 6.04. The third-order valence-corrected chi connectivity index (χ3v) is 4.17. The first-order chi connectivity index (χ1) is 9.41. The number of methoxy groups -OCH3 is 1. The van der Waals surface area contributed by atoms with Crippen molar-refractivity contribution < 1.29 is 9.84 Å². The molecule has 112 valence electrons. The van der Waals surface area contributed by atoms with Gasteiger partial charge in [0.15, 0.2) is 0 Å². The third-order valence-electron chi connectivity index (χ3n) is 4.17. The number of nitrogens with one attached hydrogen (secondary N) is 1. The summed E-state index contributed by atoms with van der Waals surface area (Å²) in [6.07, 6.45) is 3.39. The van der Waals surface area contributed by atoms with Gasteiger partial charge in [-0.2, -0.15) is 0 Å². The summed E-state index contributed by atoms with van der Waals surface area (Å²) in [6, 6.07) is 3.91. The van der Waals surface area contributed by atoms with Gasteiger partial charge in [-0.3, -0.25) is 0 Å². The SMILES string of the molecule is COc1cc(C(C)(C)C)c(O)cc1CC1CCNCC1. The van der Waals surface area contributed by atoms with Crippen LogP contribution >= 0.6 is 0 Å². The molecule has 1 saturated heterocycles. The predicted octanol–water partition coefficient (Wildman–Crippen LogP) is 3.24. The summed E-state index contributed by atoms with van der Waals surface area (Å²) in [6.45, 7) is 8.51. The molecule has 1 aliphatic heterocycles. The highest BCUT2D eigenvalue weighted by atomic mass is 16.5. The minimum absolute atomic E-state index is 0.0787. The summed E-state index contributed by atoms with van der Waals surface area (Å²) in [5, 5.41) is 13.7. The number of ether oxygens (including phenoxy) is 1. The second-order valence-corrected chi connectivity index (χ2v) is 6.83. The lowest BCUT2D eigenvalue weighted by atomic mass is 9.84. The standard InChI is InChI=1S/C17H27NO2/c1-17(2,3)14-11-16(20-4)13(10-15(14)19)9-12-5-7-18-8-6-12/h10-12,18-19H,5-9H2,1-4H3. The van der Waals surface area contributed by atoms with Crippen molar-refractivity contribution in [3.8, 4) is 11.5 Å². The fraction of sp³-hybridized carbons (Fsp3) is 0.647. The van der Waals surface area contributed by atoms with E-state index in [2.05, 4.69) is 26.1 Å². The molecule has 1 heterocycles. The van der Waals surface area contributed by atoms with Gasteiger partial charge in [0.2, 0.25) is 0 Å². The Balaban J connectivity index is 2.26. The van der Waals surface area contributed by atoms with Crippen LogP contribution < -0.4 is 10.1 Å². The average Bonchev–Trinajstić information content (AvgIpc) is 2.38. The van der Waals surface area contributed by atoms with Gasteiger partial charge in [0, 0.05) is 5.56 Å². The molecule has 1 aliphatic rings. The predicted molar refractivity (Wildman–Crippen MR) is 82.7 cm³/mol. The molecule has 1 aromatic rings. The molecule has 2 N–H and O–H groups in total. The quantitative estimate of drug-likeness (QED) is 0.891. The highest BCUT2D eigenvalue weighted by Crippen LogP contribution is 2.37. The maximum atomic E-state index is 10.3. The summed E-state index contributed by atoms with van der Waals surface area (Å²) < 4.78 is 5.55. The number of hydrogen-bond donors (Lipinski definition) is 2. The minimum Gasteiger partial charge on any atom is -0.508 e. The van der Waals surface area contributed by atoms with Crippen LogP contribution in [-0.4, -0.2) is 25.3 Å². The molecule has 1 aromatic carbocycles. The number of aromatic hydroxyl groups is 1. The number of hydrogen-bond acceptors (Lipinski definition) is 3. The van der Waals surface area contributed by atoms with E-state index in [4.69, 9.17) is 4.74 Å². The molecule has 0 unspecified atom stereocenters. The summed E-state index contributed by atoms with van der Waals surface area (Å²) in [5.41, 5.74) is 2.00. The van der Waals surface area contributed by atoms with Crippen LogP contribution in [0.5, 0.6) is 11.5 Å². The lowest BCUT2D eigenvalue weighted by molar-refractivity contribution is 0.358. The zero-order valence-electron chi connectivity index (χ0n) is 13.1. The molecule has 1 fully saturated rings. The fourth-order valence-corrected chi connectivity index (χ4v) is 2.96. The normalized spacial score (nSPS) is 17.2. The lowest BCUT2D eigenvalue weighted by Crippen LogP contribution is -2.28. The van der Waals surface area contributed by atoms with Crippen molar-refractivity contribution in [2.45, 2.75) is 45.4 Å². The third kappa shape index (κ3) is 3.45. The zero-order valence-corrected chi connectivity index (χ0v) is 13.1. The average molecular weight is 277 g/mol. The van der Waals surface area contributed by atoms with Crippen LogP contribution in [0.1, 0.15) is 44.7 Å². The van der Waals surface area contributed by atoms with Crippen LogP contribution in [0.15, 0.2) is 12.1 Å². The van der Waals surface area contributed by atoms with E-state index in [-0.39, 0.29) is 5.41 Å². The van der Waals surface area contributed by atoms with Crippen molar-refractivity contribution in [2.24, 2.45) is 5.92 Å². The summed E-state index contributed by atoms with van der Waals surface area (Å²) >= 11 is 0. The molecular weight excluding hydrogens is 250 g/mol. The van der Waals surface area contributed by atoms with Crippen molar-refractivity contribution in [2.75, 3.05) is 20.2 Å². The first-order valence-electron chi connectivity index (χ1n) is 7.53. The number of phenolic OH excluding ortho intramolecular Hbond substituents is 1. The van der Waals surface area contributed by atoms with E-state index < -0.39 is 0 Å². The van der Waals surface area contributed by atoms with Crippen molar-refractivity contribution >= 4 is 0 Å². The molecule has 0 atom stereocenters. The number of phenols is 1. The fourth-order valence-electron chi connectivity index (χ4n) is 2.96. The first-order valence-corrected chi connectivity index (χ1v) is 7.53. The molecule has 0 saturated carbocycles. The molecule has 0 aliphatic carbocycles. The van der Waals surface area contributed by atoms with Crippen molar-refractivity contribution in [1.82, 2.24) is 5.32 Å². The Kier molecular flexibility index (Phi) is 4.59. The van der Waals surface area contributed by atoms with Crippen molar-refractivity contribution in [3.63, 3.8) is 0 Å². The summed E-state index contributed by atoms with van der Waals surface area (Å²) in [4.78, 5) is 0. The molecule has 0 radical (unpaired) electrons. The van der Waals surface area contributed by atoms with Gasteiger partial charge in [-0.25, -0.2) is 0 Å². The van der Waals surface area contributed by atoms with Gasteiger partial charge in [0.1, 0.15) is 11.5 Å². The van der Waals surface area contributed by atoms with E-state index in [1.54, 1.807) is 7.11 Å². The van der Waals surface area contributed by atoms with Crippen LogP contribution in [0.4, 0.5) is 0 Å². The second-order valence-electron chi connectivity index (χ2n) is 6.83. The number of rotatable bonds is 3. The molecule has 0 spiro atoms. The summed E-state index contributed by atoms with van der Waals surface area (Å²) in [5.74, 6) is 1.98. The topological polar surface area (TPSA) is 41.5 Å². The van der Waals surface area contributed by atoms with Gasteiger partial charge >= 0.3 is 0 Å². The van der Waals surface area contributed by atoms with Gasteiger partial charge in [-0.05, 0) is 61.4 Å². The molecule has 3 nitrogen and oxygen atoms in total. The van der Waals surface area contributed by atoms with Gasteiger partial charge in [-0.15, -0.1) is 0 Å². The van der Waals surface area contributed by atoms with Crippen LogP contribution in [-0.2, 0) is 11.8 Å². The van der Waals surface area contributed by atoms with E-state index in [1.807, 2.05) is 12.1 Å². The Morgan fingerprint density at radius 2 is 1.90 bits per heavy atom. The van der Waals surface area contributed by atoms with Gasteiger partial charge in [0.05, 0.1) is 7.11 Å². The molecule has 0 aromatic heterocycles. The van der Waals surface area contributed by atoms with Crippen LogP contribution in [0.3, 0.4) is 0 Å². The highest BCUT2D eigenvalue weighted by Gasteiger charge is 2.22. The molecule has 3 heteroatoms. The maximum absolute atomic E-state index is 10.3. The van der Waals surface area contributed by atoms with E-state index in [0.29, 0.717) is 11.7 Å². The Labute approximate surface area is 122 Å². The zero-order chi connectivity index (χ0) is 14.8. The minimum atomic E-state index is -0.0787. The largest absolute Gasteiger partial charge is 0.508 e. The van der Waals surface area contributed by atoms with E-state index in [0.717, 1.165) is 36.4 Å². The highest BCUT2D eigenvalue weighted by molar-refractivity contribution is 5.48. The van der Waals surface area contributed by atoms with E-state index in [1.165, 1.54) is 12.8 Å². The van der Waals surface area contributed by atoms with E-state index in [9.17, 15) is 5.11 Å². The smallest absolute Gasteiger partial charge is 0.122 e. The molecule has 20 heavy (non-hydrogen) atoms. The van der Waals surface area contributed by atoms with Crippen molar-refractivity contribution in [1.29, 1.82) is 0 Å². The molecular formula is C17H27NO2. The molecule has 0 bridgehead atoms. The Hall–Kier alpha value is -1.22. The maximum Gasteiger partial charge on any atom is 0.122 e. The van der Waals surface area contributed by atoms with Crippen LogP contribution in [0.2, 0.25) is 0 Å². The van der Waals surface area contributed by atoms with Crippen LogP contribution in [0.25, 0.3) is 0 Å². The van der Waals surface area contributed by atoms with Gasteiger partial charge in [0.25, 0.3) is 0 Å². The van der Waals surface area contributed by atoms with E-state index >= 15 is 0 Å². The Bertz CT molecular complexity index is 457. The van der Waals surface area contributed by atoms with Gasteiger partial charge in [-0.1, -0.05) is 20.8 Å². The van der Waals surface area contributed by atoms with Crippen molar-refractivity contribution in [3.05, 3.63) is 23.3 Å². The van der Waals surface area contributed by atoms with Crippen LogP contribution in [0, 0.1) is 5.92 Å². The number of benzene rings is 1. The number of piperidine rings is 1. The monoisotopic (exact) mass is 277 g/mol. The van der Waals surface area contributed by atoms with Gasteiger partial charge < -0.3 is 15.2 Å². The summed E-state index contributed by atoms with van der Waals surface area (Å²) in [7, 11) is 1.71. The lowest BCUT2D eigenvalue weighted by Gasteiger charge is -2.25. The first kappa shape index (κ1) is 15.2. The molecule has 0 amide bonds. The molecule has 2 rings (SSSR count).